The number of aromatic nitrogens is 2. The second kappa shape index (κ2) is 8.87. The van der Waals surface area contributed by atoms with Crippen LogP contribution in [0, 0.1) is 0 Å². The number of carbonyl (C=O) groups excluding carboxylic acids is 1. The largest absolute Gasteiger partial charge is 0.416 e. The predicted molar refractivity (Wildman–Crippen MR) is 124 cm³/mol. The number of amides is 1. The van der Waals surface area contributed by atoms with Crippen molar-refractivity contribution in [2.24, 2.45) is 7.05 Å². The van der Waals surface area contributed by atoms with Crippen LogP contribution in [0.2, 0.25) is 0 Å². The normalized spacial score (nSPS) is 11.9. The Balaban J connectivity index is 1.62. The molecule has 0 saturated heterocycles. The fraction of sp³-hybridized carbons (Fsp3) is 0.0870. The van der Waals surface area contributed by atoms with Gasteiger partial charge in [-0.25, -0.2) is 13.1 Å². The molecule has 3 aromatic carbocycles. The van der Waals surface area contributed by atoms with Crippen molar-refractivity contribution >= 4 is 38.1 Å². The van der Waals surface area contributed by atoms with E-state index in [2.05, 4.69) is 15.1 Å². The van der Waals surface area contributed by atoms with Gasteiger partial charge in [0, 0.05) is 23.8 Å². The van der Waals surface area contributed by atoms with E-state index in [9.17, 15) is 31.2 Å². The number of alkyl halides is 3. The Morgan fingerprint density at radius 2 is 1.57 bits per heavy atom. The van der Waals surface area contributed by atoms with Crippen LogP contribution in [-0.4, -0.2) is 24.1 Å². The molecular weight excluding hydrogens is 485 g/mol. The highest BCUT2D eigenvalue weighted by Crippen LogP contribution is 2.31. The minimum Gasteiger partial charge on any atom is -0.321 e. The maximum Gasteiger partial charge on any atom is 0.416 e. The molecule has 0 radical (unpaired) electrons. The highest BCUT2D eigenvalue weighted by atomic mass is 32.2. The van der Waals surface area contributed by atoms with Gasteiger partial charge in [0.05, 0.1) is 15.8 Å². The summed E-state index contributed by atoms with van der Waals surface area (Å²) in [5, 5.41) is 7.18. The fourth-order valence-electron chi connectivity index (χ4n) is 3.37. The zero-order valence-electron chi connectivity index (χ0n) is 18.0. The van der Waals surface area contributed by atoms with E-state index in [1.54, 1.807) is 24.3 Å². The number of fused-ring (bicyclic) bond motifs is 1. The molecule has 1 aromatic heterocycles. The number of anilines is 2. The van der Waals surface area contributed by atoms with Crippen LogP contribution in [0.3, 0.4) is 0 Å². The molecule has 1 amide bonds. The van der Waals surface area contributed by atoms with E-state index in [0.29, 0.717) is 11.5 Å². The molecule has 180 valence electrons. The lowest BCUT2D eigenvalue weighted by Gasteiger charge is -2.12. The summed E-state index contributed by atoms with van der Waals surface area (Å²) in [5.41, 5.74) is -1.60. The molecule has 2 N–H and O–H groups in total. The van der Waals surface area contributed by atoms with E-state index in [1.807, 2.05) is 0 Å². The number of hydrogen-bond acceptors (Lipinski definition) is 5. The van der Waals surface area contributed by atoms with Gasteiger partial charge in [-0.3, -0.25) is 14.3 Å². The molecule has 0 bridgehead atoms. The van der Waals surface area contributed by atoms with Crippen molar-refractivity contribution in [3.05, 3.63) is 94.4 Å². The molecule has 0 aliphatic heterocycles. The molecule has 12 heteroatoms. The smallest absolute Gasteiger partial charge is 0.321 e. The summed E-state index contributed by atoms with van der Waals surface area (Å²) in [4.78, 5) is 24.9. The van der Waals surface area contributed by atoms with Gasteiger partial charge in [0.1, 0.15) is 0 Å². The molecular formula is C23H17F3N4O4S. The summed E-state index contributed by atoms with van der Waals surface area (Å²) in [6.45, 7) is 0. The number of sulfonamides is 1. The third-order valence-corrected chi connectivity index (χ3v) is 6.39. The van der Waals surface area contributed by atoms with Gasteiger partial charge in [-0.1, -0.05) is 30.3 Å². The number of rotatable bonds is 5. The Labute approximate surface area is 197 Å². The Bertz CT molecular complexity index is 1620. The molecule has 0 saturated carbocycles. The maximum atomic E-state index is 12.9. The lowest BCUT2D eigenvalue weighted by atomic mass is 10.1. The Kier molecular flexibility index (Phi) is 6.07. The molecule has 0 aliphatic rings. The van der Waals surface area contributed by atoms with Crippen molar-refractivity contribution in [2.75, 3.05) is 10.0 Å². The molecule has 0 atom stereocenters. The lowest BCUT2D eigenvalue weighted by Crippen LogP contribution is -2.25. The monoisotopic (exact) mass is 502 g/mol. The fourth-order valence-corrected chi connectivity index (χ4v) is 4.47. The van der Waals surface area contributed by atoms with Crippen LogP contribution in [0.1, 0.15) is 16.1 Å². The Hall–Kier alpha value is -4.19. The first kappa shape index (κ1) is 24.0. The van der Waals surface area contributed by atoms with Gasteiger partial charge in [0.15, 0.2) is 5.69 Å². The second-order valence-corrected chi connectivity index (χ2v) is 9.17. The molecule has 0 unspecified atom stereocenters. The van der Waals surface area contributed by atoms with Crippen molar-refractivity contribution in [1.82, 2.24) is 9.78 Å². The van der Waals surface area contributed by atoms with Crippen LogP contribution in [-0.2, 0) is 23.2 Å². The van der Waals surface area contributed by atoms with Crippen molar-refractivity contribution in [3.63, 3.8) is 0 Å². The van der Waals surface area contributed by atoms with Gasteiger partial charge in [0.25, 0.3) is 21.5 Å². The van der Waals surface area contributed by atoms with Crippen LogP contribution in [0.25, 0.3) is 10.8 Å². The van der Waals surface area contributed by atoms with Gasteiger partial charge in [0.2, 0.25) is 0 Å². The van der Waals surface area contributed by atoms with Crippen molar-refractivity contribution in [3.8, 4) is 0 Å². The molecule has 4 aromatic rings. The van der Waals surface area contributed by atoms with Crippen molar-refractivity contribution in [1.29, 1.82) is 0 Å². The summed E-state index contributed by atoms with van der Waals surface area (Å²) in [5.74, 6) is -0.683. The zero-order valence-corrected chi connectivity index (χ0v) is 18.8. The summed E-state index contributed by atoms with van der Waals surface area (Å²) >= 11 is 0. The molecule has 4 rings (SSSR count). The first-order valence-corrected chi connectivity index (χ1v) is 11.5. The maximum absolute atomic E-state index is 12.9. The van der Waals surface area contributed by atoms with Gasteiger partial charge in [-0.2, -0.15) is 18.3 Å². The molecule has 8 nitrogen and oxygen atoms in total. The quantitative estimate of drug-likeness (QED) is 0.429. The van der Waals surface area contributed by atoms with E-state index in [0.717, 1.165) is 22.9 Å². The Morgan fingerprint density at radius 1 is 0.914 bits per heavy atom. The highest BCUT2D eigenvalue weighted by molar-refractivity contribution is 7.92. The number of benzene rings is 3. The molecule has 1 heterocycles. The minimum atomic E-state index is -4.63. The number of hydrogen-bond donors (Lipinski definition) is 2. The topological polar surface area (TPSA) is 110 Å². The zero-order chi connectivity index (χ0) is 25.4. The lowest BCUT2D eigenvalue weighted by molar-refractivity contribution is -0.137. The van der Waals surface area contributed by atoms with Crippen molar-refractivity contribution in [2.45, 2.75) is 11.1 Å². The van der Waals surface area contributed by atoms with Gasteiger partial charge >= 0.3 is 6.18 Å². The summed E-state index contributed by atoms with van der Waals surface area (Å²) < 4.78 is 67.5. The number of nitrogens with zero attached hydrogens (tertiary/aromatic N) is 2. The van der Waals surface area contributed by atoms with Crippen LogP contribution < -0.4 is 15.6 Å². The first-order valence-electron chi connectivity index (χ1n) is 10.0. The Morgan fingerprint density at radius 3 is 2.29 bits per heavy atom. The number of halogens is 3. The van der Waals surface area contributed by atoms with Crippen molar-refractivity contribution < 1.29 is 26.4 Å². The van der Waals surface area contributed by atoms with Crippen LogP contribution in [0.4, 0.5) is 24.5 Å². The van der Waals surface area contributed by atoms with Gasteiger partial charge in [-0.05, 0) is 42.5 Å². The molecule has 0 spiro atoms. The second-order valence-electron chi connectivity index (χ2n) is 7.49. The van der Waals surface area contributed by atoms with E-state index in [1.165, 1.54) is 31.3 Å². The average Bonchev–Trinajstić information content (AvgIpc) is 2.81. The van der Waals surface area contributed by atoms with Crippen LogP contribution in [0.15, 0.2) is 82.5 Å². The third-order valence-electron chi connectivity index (χ3n) is 5.02. The number of nitrogens with one attached hydrogen (secondary N) is 2. The summed E-state index contributed by atoms with van der Waals surface area (Å²) in [6, 6.07) is 15.4. The third kappa shape index (κ3) is 5.01. The molecule has 35 heavy (non-hydrogen) atoms. The highest BCUT2D eigenvalue weighted by Gasteiger charge is 2.30. The SMILES string of the molecule is Cn1nc(C(=O)Nc2cccc(S(=O)(=O)Nc3cccc(C(F)(F)F)c3)c2)c2ccccc2c1=O. The predicted octanol–water partition coefficient (Wildman–Crippen LogP) is 4.01. The van der Waals surface area contributed by atoms with E-state index < -0.39 is 27.7 Å². The van der Waals surface area contributed by atoms with Crippen LogP contribution in [0.5, 0.6) is 0 Å². The molecule has 0 aliphatic carbocycles. The minimum absolute atomic E-state index is 0.0435. The first-order chi connectivity index (χ1) is 16.5. The van der Waals surface area contributed by atoms with Crippen LogP contribution >= 0.6 is 0 Å². The number of aryl methyl sites for hydroxylation is 1. The average molecular weight is 502 g/mol. The van der Waals surface area contributed by atoms with E-state index >= 15 is 0 Å². The summed E-state index contributed by atoms with van der Waals surface area (Å²) in [6.07, 6.45) is -4.63. The van der Waals surface area contributed by atoms with E-state index in [4.69, 9.17) is 0 Å². The van der Waals surface area contributed by atoms with E-state index in [-0.39, 0.29) is 32.9 Å². The summed E-state index contributed by atoms with van der Waals surface area (Å²) in [7, 11) is -2.87. The number of carbonyl (C=O) groups is 1. The van der Waals surface area contributed by atoms with Gasteiger partial charge in [-0.15, -0.1) is 0 Å². The molecule has 0 fully saturated rings. The van der Waals surface area contributed by atoms with Gasteiger partial charge < -0.3 is 5.32 Å². The standard InChI is InChI=1S/C23H17F3N4O4S/c1-30-22(32)19-11-3-2-10-18(19)20(28-30)21(31)27-15-7-5-9-17(13-15)35(33,34)29-16-8-4-6-14(12-16)23(24,25)26/h2-13,29H,1H3,(H,27,31).